The van der Waals surface area contributed by atoms with Crippen LogP contribution in [0.3, 0.4) is 0 Å². The van der Waals surface area contributed by atoms with E-state index in [-0.39, 0.29) is 11.8 Å². The summed E-state index contributed by atoms with van der Waals surface area (Å²) in [6, 6.07) is 14.1. The molecule has 1 N–H and O–H groups in total. The molecule has 0 saturated carbocycles. The van der Waals surface area contributed by atoms with Crippen LogP contribution in [0.2, 0.25) is 0 Å². The van der Waals surface area contributed by atoms with Crippen molar-refractivity contribution in [2.24, 2.45) is 5.92 Å². The van der Waals surface area contributed by atoms with Crippen molar-refractivity contribution in [2.45, 2.75) is 27.2 Å². The maximum absolute atomic E-state index is 12.7. The molecule has 2 aromatic carbocycles. The molecule has 132 valence electrons. The second kappa shape index (κ2) is 7.60. The molecule has 1 heterocycles. The molecule has 1 amide bonds. The first-order valence-corrected chi connectivity index (χ1v) is 8.99. The molecule has 1 atom stereocenters. The first-order valence-electron chi connectivity index (χ1n) is 8.99. The van der Waals surface area contributed by atoms with Gasteiger partial charge in [-0.2, -0.15) is 0 Å². The molecule has 0 aliphatic carbocycles. The van der Waals surface area contributed by atoms with Gasteiger partial charge >= 0.3 is 0 Å². The Kier molecular flexibility index (Phi) is 5.27. The number of hydrogen-bond donors (Lipinski definition) is 1. The van der Waals surface area contributed by atoms with Crippen LogP contribution in [0.4, 0.5) is 11.4 Å². The Morgan fingerprint density at radius 3 is 2.68 bits per heavy atom. The minimum absolute atomic E-state index is 0.0215. The Balaban J connectivity index is 1.69. The number of hydrogen-bond acceptors (Lipinski definition) is 3. The smallest absolute Gasteiger partial charge is 0.231 e. The van der Waals surface area contributed by atoms with Gasteiger partial charge in [0.1, 0.15) is 12.4 Å². The number of aryl methyl sites for hydroxylation is 1. The van der Waals surface area contributed by atoms with Gasteiger partial charge < -0.3 is 15.0 Å². The third-order valence-corrected chi connectivity index (χ3v) is 4.85. The normalized spacial score (nSPS) is 15.9. The number of ether oxygens (including phenoxy) is 1. The van der Waals surface area contributed by atoms with E-state index in [9.17, 15) is 4.79 Å². The molecule has 0 unspecified atom stereocenters. The summed E-state index contributed by atoms with van der Waals surface area (Å²) in [5, 5.41) is 3.08. The van der Waals surface area contributed by atoms with Gasteiger partial charge in [-0.25, -0.2) is 0 Å². The van der Waals surface area contributed by atoms with Crippen molar-refractivity contribution in [2.75, 3.05) is 29.9 Å². The van der Waals surface area contributed by atoms with E-state index in [2.05, 4.69) is 36.2 Å². The number of rotatable bonds is 5. The summed E-state index contributed by atoms with van der Waals surface area (Å²) in [5.41, 5.74) is 4.24. The molecule has 0 aromatic heterocycles. The number of amides is 1. The Morgan fingerprint density at radius 2 is 1.96 bits per heavy atom. The summed E-state index contributed by atoms with van der Waals surface area (Å²) in [6.45, 7) is 8.71. The second-order valence-electron chi connectivity index (χ2n) is 6.48. The number of nitrogens with zero attached hydrogens (tertiary/aromatic N) is 1. The topological polar surface area (TPSA) is 41.6 Å². The van der Waals surface area contributed by atoms with Crippen LogP contribution in [-0.2, 0) is 11.2 Å². The number of benzene rings is 2. The SMILES string of the molecule is CCN(CC)c1ccc(NC(=O)[C@@H]2COc3ccccc3C2)c(C)c1. The van der Waals surface area contributed by atoms with Crippen molar-refractivity contribution in [3.63, 3.8) is 0 Å². The maximum atomic E-state index is 12.7. The monoisotopic (exact) mass is 338 g/mol. The molecule has 2 aromatic rings. The molecule has 0 spiro atoms. The van der Waals surface area contributed by atoms with Crippen LogP contribution in [0.15, 0.2) is 42.5 Å². The zero-order valence-electron chi connectivity index (χ0n) is 15.2. The lowest BCUT2D eigenvalue weighted by atomic mass is 9.96. The Hall–Kier alpha value is -2.49. The van der Waals surface area contributed by atoms with E-state index in [1.807, 2.05) is 37.3 Å². The summed E-state index contributed by atoms with van der Waals surface area (Å²) in [6.07, 6.45) is 0.721. The first-order chi connectivity index (χ1) is 12.1. The van der Waals surface area contributed by atoms with Crippen LogP contribution in [0.25, 0.3) is 0 Å². The minimum Gasteiger partial charge on any atom is -0.492 e. The highest BCUT2D eigenvalue weighted by Gasteiger charge is 2.26. The number of carbonyl (C=O) groups is 1. The second-order valence-corrected chi connectivity index (χ2v) is 6.48. The largest absolute Gasteiger partial charge is 0.492 e. The van der Waals surface area contributed by atoms with Gasteiger partial charge in [0.05, 0.1) is 5.92 Å². The van der Waals surface area contributed by atoms with Gasteiger partial charge in [-0.3, -0.25) is 4.79 Å². The van der Waals surface area contributed by atoms with Crippen LogP contribution in [0, 0.1) is 12.8 Å². The number of carbonyl (C=O) groups excluding carboxylic acids is 1. The fraction of sp³-hybridized carbons (Fsp3) is 0.381. The number of fused-ring (bicyclic) bond motifs is 1. The molecule has 0 radical (unpaired) electrons. The Labute approximate surface area is 149 Å². The summed E-state index contributed by atoms with van der Waals surface area (Å²) < 4.78 is 5.74. The lowest BCUT2D eigenvalue weighted by molar-refractivity contribution is -0.121. The molecule has 1 aliphatic heterocycles. The highest BCUT2D eigenvalue weighted by Crippen LogP contribution is 2.28. The van der Waals surface area contributed by atoms with Gasteiger partial charge in [0.25, 0.3) is 0 Å². The van der Waals surface area contributed by atoms with Gasteiger partial charge in [0.15, 0.2) is 0 Å². The number of para-hydroxylation sites is 1. The molecule has 0 bridgehead atoms. The third kappa shape index (κ3) is 3.78. The molecular weight excluding hydrogens is 312 g/mol. The van der Waals surface area contributed by atoms with Crippen molar-refractivity contribution >= 4 is 17.3 Å². The summed E-state index contributed by atoms with van der Waals surface area (Å²) in [5.74, 6) is 0.760. The van der Waals surface area contributed by atoms with Crippen LogP contribution in [0.5, 0.6) is 5.75 Å². The fourth-order valence-corrected chi connectivity index (χ4v) is 3.30. The van der Waals surface area contributed by atoms with Gasteiger partial charge in [0, 0.05) is 24.5 Å². The minimum atomic E-state index is -0.156. The zero-order chi connectivity index (χ0) is 17.8. The standard InChI is InChI=1S/C21H26N2O2/c1-4-23(5-2)18-10-11-19(15(3)12-18)22-21(24)17-13-16-8-6-7-9-20(16)25-14-17/h6-12,17H,4-5,13-14H2,1-3H3,(H,22,24)/t17-/m0/s1. The molecule has 0 saturated heterocycles. The molecule has 1 aliphatic rings. The average molecular weight is 338 g/mol. The molecule has 4 heteroatoms. The van der Waals surface area contributed by atoms with Crippen LogP contribution in [0.1, 0.15) is 25.0 Å². The van der Waals surface area contributed by atoms with E-state index < -0.39 is 0 Å². The Bertz CT molecular complexity index is 753. The quantitative estimate of drug-likeness (QED) is 0.895. The van der Waals surface area contributed by atoms with Crippen molar-refractivity contribution in [3.8, 4) is 5.75 Å². The molecule has 3 rings (SSSR count). The van der Waals surface area contributed by atoms with E-state index >= 15 is 0 Å². The van der Waals surface area contributed by atoms with E-state index in [0.717, 1.165) is 42.1 Å². The van der Waals surface area contributed by atoms with Gasteiger partial charge in [-0.05, 0) is 62.6 Å². The fourth-order valence-electron chi connectivity index (χ4n) is 3.30. The third-order valence-electron chi connectivity index (χ3n) is 4.85. The van der Waals surface area contributed by atoms with Crippen LogP contribution >= 0.6 is 0 Å². The first kappa shape index (κ1) is 17.3. The number of nitrogens with one attached hydrogen (secondary N) is 1. The highest BCUT2D eigenvalue weighted by atomic mass is 16.5. The van der Waals surface area contributed by atoms with E-state index in [1.165, 1.54) is 5.69 Å². The summed E-state index contributed by atoms with van der Waals surface area (Å²) in [4.78, 5) is 15.0. The van der Waals surface area contributed by atoms with Gasteiger partial charge in [-0.15, -0.1) is 0 Å². The average Bonchev–Trinajstić information content (AvgIpc) is 2.64. The predicted molar refractivity (Wildman–Crippen MR) is 103 cm³/mol. The number of anilines is 2. The van der Waals surface area contributed by atoms with E-state index in [1.54, 1.807) is 0 Å². The molecule has 0 fully saturated rings. The molecule has 4 nitrogen and oxygen atoms in total. The van der Waals surface area contributed by atoms with Crippen molar-refractivity contribution < 1.29 is 9.53 Å². The van der Waals surface area contributed by atoms with Crippen molar-refractivity contribution in [1.82, 2.24) is 0 Å². The predicted octanol–water partition coefficient (Wildman–Crippen LogP) is 4.03. The zero-order valence-corrected chi connectivity index (χ0v) is 15.2. The van der Waals surface area contributed by atoms with Gasteiger partial charge in [0.2, 0.25) is 5.91 Å². The Morgan fingerprint density at radius 1 is 1.20 bits per heavy atom. The van der Waals surface area contributed by atoms with Crippen molar-refractivity contribution in [1.29, 1.82) is 0 Å². The maximum Gasteiger partial charge on any atom is 0.231 e. The molecular formula is C21H26N2O2. The highest BCUT2D eigenvalue weighted by molar-refractivity contribution is 5.94. The van der Waals surface area contributed by atoms with E-state index in [4.69, 9.17) is 4.74 Å². The van der Waals surface area contributed by atoms with Crippen LogP contribution < -0.4 is 15.0 Å². The lowest BCUT2D eigenvalue weighted by Crippen LogP contribution is -2.32. The van der Waals surface area contributed by atoms with Gasteiger partial charge in [-0.1, -0.05) is 18.2 Å². The lowest BCUT2D eigenvalue weighted by Gasteiger charge is -2.25. The van der Waals surface area contributed by atoms with Crippen molar-refractivity contribution in [3.05, 3.63) is 53.6 Å². The summed E-state index contributed by atoms with van der Waals surface area (Å²) in [7, 11) is 0. The summed E-state index contributed by atoms with van der Waals surface area (Å²) >= 11 is 0. The van der Waals surface area contributed by atoms with Crippen LogP contribution in [-0.4, -0.2) is 25.6 Å². The molecule has 25 heavy (non-hydrogen) atoms. The van der Waals surface area contributed by atoms with E-state index in [0.29, 0.717) is 6.61 Å².